The predicted octanol–water partition coefficient (Wildman–Crippen LogP) is 5.09. The third-order valence-electron chi connectivity index (χ3n) is 5.48. The zero-order valence-electron chi connectivity index (χ0n) is 16.3. The molecule has 2 aliphatic heterocycles. The molecular formula is C23H21FN2O3S. The molecule has 1 amide bonds. The highest BCUT2D eigenvalue weighted by Gasteiger charge is 2.32. The Labute approximate surface area is 178 Å². The van der Waals surface area contributed by atoms with Gasteiger partial charge in [-0.3, -0.25) is 4.79 Å². The molecule has 154 valence electrons. The van der Waals surface area contributed by atoms with Crippen molar-refractivity contribution >= 4 is 17.2 Å². The zero-order valence-corrected chi connectivity index (χ0v) is 17.2. The van der Waals surface area contributed by atoms with Crippen LogP contribution in [0.1, 0.15) is 41.4 Å². The summed E-state index contributed by atoms with van der Waals surface area (Å²) >= 11 is 1.40. The van der Waals surface area contributed by atoms with E-state index < -0.39 is 0 Å². The molecule has 0 N–H and O–H groups in total. The van der Waals surface area contributed by atoms with Crippen molar-refractivity contribution in [2.75, 3.05) is 19.8 Å². The lowest BCUT2D eigenvalue weighted by Gasteiger charge is -2.25. The van der Waals surface area contributed by atoms with Crippen LogP contribution in [0.25, 0.3) is 10.6 Å². The van der Waals surface area contributed by atoms with E-state index in [2.05, 4.69) is 4.98 Å². The van der Waals surface area contributed by atoms with E-state index >= 15 is 0 Å². The highest BCUT2D eigenvalue weighted by molar-refractivity contribution is 7.13. The molecule has 0 aliphatic carbocycles. The molecule has 1 fully saturated rings. The van der Waals surface area contributed by atoms with Crippen molar-refractivity contribution in [2.45, 2.75) is 25.3 Å². The molecule has 2 aliphatic rings. The molecule has 1 atom stereocenters. The SMILES string of the molecule is O=C(c1csc(-c2ccc(F)cc2)n1)N1CCC[C@H]1c1ccc2c(c1)OCCCO2. The molecule has 3 aromatic rings. The first-order chi connectivity index (χ1) is 14.7. The number of carbonyl (C=O) groups is 1. The number of rotatable bonds is 3. The topological polar surface area (TPSA) is 51.7 Å². The van der Waals surface area contributed by atoms with Crippen molar-refractivity contribution in [3.63, 3.8) is 0 Å². The number of fused-ring (bicyclic) bond motifs is 1. The normalized spacial score (nSPS) is 18.3. The monoisotopic (exact) mass is 424 g/mol. The number of nitrogens with zero attached hydrogens (tertiary/aromatic N) is 2. The van der Waals surface area contributed by atoms with Crippen molar-refractivity contribution in [1.82, 2.24) is 9.88 Å². The van der Waals surface area contributed by atoms with Crippen LogP contribution in [-0.4, -0.2) is 35.5 Å². The minimum atomic E-state index is -0.290. The minimum Gasteiger partial charge on any atom is -0.490 e. The Balaban J connectivity index is 1.38. The van der Waals surface area contributed by atoms with Crippen LogP contribution in [0.3, 0.4) is 0 Å². The van der Waals surface area contributed by atoms with E-state index in [0.29, 0.717) is 30.5 Å². The lowest BCUT2D eigenvalue weighted by atomic mass is 10.0. The molecule has 0 saturated carbocycles. The number of hydrogen-bond acceptors (Lipinski definition) is 5. The van der Waals surface area contributed by atoms with E-state index in [0.717, 1.165) is 41.9 Å². The molecule has 0 radical (unpaired) electrons. The number of benzene rings is 2. The third kappa shape index (κ3) is 3.65. The van der Waals surface area contributed by atoms with Crippen LogP contribution in [-0.2, 0) is 0 Å². The Morgan fingerprint density at radius 2 is 1.87 bits per heavy atom. The summed E-state index contributed by atoms with van der Waals surface area (Å²) in [6.07, 6.45) is 2.71. The predicted molar refractivity (Wildman–Crippen MR) is 113 cm³/mol. The molecule has 3 heterocycles. The van der Waals surface area contributed by atoms with Crippen LogP contribution in [0.2, 0.25) is 0 Å². The fourth-order valence-electron chi connectivity index (χ4n) is 3.99. The van der Waals surface area contributed by atoms with Gasteiger partial charge in [0.2, 0.25) is 0 Å². The van der Waals surface area contributed by atoms with E-state index in [1.165, 1.54) is 23.5 Å². The van der Waals surface area contributed by atoms with Gasteiger partial charge in [-0.1, -0.05) is 6.07 Å². The van der Waals surface area contributed by atoms with Crippen molar-refractivity contribution in [1.29, 1.82) is 0 Å². The van der Waals surface area contributed by atoms with Crippen LogP contribution in [0.4, 0.5) is 4.39 Å². The van der Waals surface area contributed by atoms with Crippen LogP contribution >= 0.6 is 11.3 Å². The highest BCUT2D eigenvalue weighted by Crippen LogP contribution is 2.38. The van der Waals surface area contributed by atoms with Crippen LogP contribution in [0.15, 0.2) is 47.8 Å². The molecule has 2 aromatic carbocycles. The molecule has 5 rings (SSSR count). The number of aromatic nitrogens is 1. The van der Waals surface area contributed by atoms with E-state index in [4.69, 9.17) is 9.47 Å². The van der Waals surface area contributed by atoms with Crippen LogP contribution in [0.5, 0.6) is 11.5 Å². The molecule has 0 unspecified atom stereocenters. The number of halogens is 1. The maximum absolute atomic E-state index is 13.2. The average molecular weight is 424 g/mol. The molecule has 7 heteroatoms. The Morgan fingerprint density at radius 3 is 2.70 bits per heavy atom. The largest absolute Gasteiger partial charge is 0.490 e. The summed E-state index contributed by atoms with van der Waals surface area (Å²) in [6.45, 7) is 1.98. The Morgan fingerprint density at radius 1 is 1.07 bits per heavy atom. The third-order valence-corrected chi connectivity index (χ3v) is 6.38. The average Bonchev–Trinajstić information content (AvgIpc) is 3.39. The quantitative estimate of drug-likeness (QED) is 0.588. The minimum absolute atomic E-state index is 0.00868. The van der Waals surface area contributed by atoms with Gasteiger partial charge in [-0.25, -0.2) is 9.37 Å². The lowest BCUT2D eigenvalue weighted by Crippen LogP contribution is -2.30. The number of hydrogen-bond donors (Lipinski definition) is 0. The molecule has 0 spiro atoms. The highest BCUT2D eigenvalue weighted by atomic mass is 32.1. The van der Waals surface area contributed by atoms with Gasteiger partial charge < -0.3 is 14.4 Å². The van der Waals surface area contributed by atoms with Gasteiger partial charge >= 0.3 is 0 Å². The van der Waals surface area contributed by atoms with E-state index in [1.54, 1.807) is 17.5 Å². The smallest absolute Gasteiger partial charge is 0.273 e. The first kappa shape index (κ1) is 19.1. The molecule has 0 bridgehead atoms. The standard InChI is InChI=1S/C23H21FN2O3S/c24-17-7-4-15(5-8-17)22-25-18(14-30-22)23(27)26-10-1-3-19(26)16-6-9-20-21(13-16)29-12-2-11-28-20/h4-9,13-14,19H,1-3,10-12H2/t19-/m0/s1. The molecule has 1 aromatic heterocycles. The van der Waals surface area contributed by atoms with Crippen molar-refractivity contribution in [2.24, 2.45) is 0 Å². The number of carbonyl (C=O) groups excluding carboxylic acids is 1. The van der Waals surface area contributed by atoms with Gasteiger partial charge in [0.1, 0.15) is 16.5 Å². The number of ether oxygens (including phenoxy) is 2. The fraction of sp³-hybridized carbons (Fsp3) is 0.304. The van der Waals surface area contributed by atoms with Crippen molar-refractivity contribution in [3.05, 3.63) is 64.9 Å². The number of likely N-dealkylation sites (tertiary alicyclic amines) is 1. The van der Waals surface area contributed by atoms with Gasteiger partial charge in [-0.05, 0) is 54.8 Å². The Hall–Kier alpha value is -2.93. The maximum Gasteiger partial charge on any atom is 0.273 e. The second-order valence-corrected chi connectivity index (χ2v) is 8.32. The van der Waals surface area contributed by atoms with E-state index in [9.17, 15) is 9.18 Å². The maximum atomic E-state index is 13.2. The number of amides is 1. The molecule has 30 heavy (non-hydrogen) atoms. The molecular weight excluding hydrogens is 403 g/mol. The molecule has 5 nitrogen and oxygen atoms in total. The molecule has 1 saturated heterocycles. The summed E-state index contributed by atoms with van der Waals surface area (Å²) in [4.78, 5) is 19.6. The van der Waals surface area contributed by atoms with Gasteiger partial charge in [0, 0.05) is 23.9 Å². The second kappa shape index (κ2) is 8.07. The summed E-state index contributed by atoms with van der Waals surface area (Å²) in [7, 11) is 0. The van der Waals surface area contributed by atoms with Gasteiger partial charge in [-0.15, -0.1) is 11.3 Å². The van der Waals surface area contributed by atoms with Gasteiger partial charge in [0.25, 0.3) is 5.91 Å². The number of thiazole rings is 1. The van der Waals surface area contributed by atoms with Crippen LogP contribution < -0.4 is 9.47 Å². The van der Waals surface area contributed by atoms with E-state index in [1.807, 2.05) is 23.1 Å². The van der Waals surface area contributed by atoms with Crippen molar-refractivity contribution in [3.8, 4) is 22.1 Å². The Kier molecular flexibility index (Phi) is 5.12. The zero-order chi connectivity index (χ0) is 20.5. The van der Waals surface area contributed by atoms with E-state index in [-0.39, 0.29) is 17.8 Å². The first-order valence-electron chi connectivity index (χ1n) is 10.1. The van der Waals surface area contributed by atoms with Gasteiger partial charge in [0.05, 0.1) is 19.3 Å². The van der Waals surface area contributed by atoms with Gasteiger partial charge in [-0.2, -0.15) is 0 Å². The summed E-state index contributed by atoms with van der Waals surface area (Å²) in [6, 6.07) is 12.1. The van der Waals surface area contributed by atoms with Gasteiger partial charge in [0.15, 0.2) is 11.5 Å². The summed E-state index contributed by atoms with van der Waals surface area (Å²) in [5.74, 6) is 1.14. The summed E-state index contributed by atoms with van der Waals surface area (Å²) in [5, 5.41) is 2.49. The summed E-state index contributed by atoms with van der Waals surface area (Å²) < 4.78 is 24.7. The lowest BCUT2D eigenvalue weighted by molar-refractivity contribution is 0.0730. The Bertz CT molecular complexity index is 1070. The second-order valence-electron chi connectivity index (χ2n) is 7.46. The summed E-state index contributed by atoms with van der Waals surface area (Å²) in [5.41, 5.74) is 2.29. The van der Waals surface area contributed by atoms with Crippen LogP contribution in [0, 0.1) is 5.82 Å². The van der Waals surface area contributed by atoms with Crippen molar-refractivity contribution < 1.29 is 18.7 Å². The fourth-order valence-corrected chi connectivity index (χ4v) is 4.79. The first-order valence-corrected chi connectivity index (χ1v) is 11.0.